The van der Waals surface area contributed by atoms with Crippen molar-refractivity contribution in [2.75, 3.05) is 0 Å². The largest absolute Gasteiger partial charge is 0.726 e. The van der Waals surface area contributed by atoms with E-state index in [1.54, 1.807) is 13.8 Å². The van der Waals surface area contributed by atoms with Gasteiger partial charge < -0.3 is 10.7 Å². The smallest absolute Gasteiger partial charge is 0.218 e. The minimum absolute atomic E-state index is 0. The second kappa shape index (κ2) is 20.1. The fourth-order valence-corrected chi connectivity index (χ4v) is 4.48. The maximum atomic E-state index is 11.9. The molecule has 0 aromatic rings. The summed E-state index contributed by atoms with van der Waals surface area (Å²) in [5.41, 5.74) is -1.05. The predicted octanol–water partition coefficient (Wildman–Crippen LogP) is 7.62. The zero-order valence-corrected chi connectivity index (χ0v) is 21.7. The second-order valence-corrected chi connectivity index (χ2v) is 10.3. The van der Waals surface area contributed by atoms with Crippen molar-refractivity contribution in [2.45, 2.75) is 148 Å². The molecule has 0 amide bonds. The minimum atomic E-state index is -4.71. The molecule has 31 heavy (non-hydrogen) atoms. The van der Waals surface area contributed by atoms with E-state index in [9.17, 15) is 17.8 Å². The molecule has 0 bridgehead atoms. The van der Waals surface area contributed by atoms with E-state index >= 15 is 0 Å². The summed E-state index contributed by atoms with van der Waals surface area (Å²) in [7, 11) is -4.71. The number of quaternary nitrogens is 1. The lowest BCUT2D eigenvalue weighted by Gasteiger charge is -2.25. The van der Waals surface area contributed by atoms with Gasteiger partial charge in [0.15, 0.2) is 0 Å². The highest BCUT2D eigenvalue weighted by atomic mass is 32.3. The van der Waals surface area contributed by atoms with Crippen LogP contribution in [-0.4, -0.2) is 24.4 Å². The summed E-state index contributed by atoms with van der Waals surface area (Å²) in [4.78, 5) is 11.9. The van der Waals surface area contributed by atoms with Crippen LogP contribution >= 0.6 is 0 Å². The molecule has 0 rings (SSSR count). The molecule has 0 saturated heterocycles. The molecule has 0 aromatic heterocycles. The SMILES string of the molecule is CCCCCCCCCCCCCCCCCC(=O)CCCC(C)(C)OS(=O)(=O)[O-].[NH4+]. The number of hydrogen-bond donors (Lipinski definition) is 1. The molecule has 0 aromatic carbocycles. The first-order valence-electron chi connectivity index (χ1n) is 12.3. The average molecular weight is 466 g/mol. The van der Waals surface area contributed by atoms with Crippen molar-refractivity contribution in [3.05, 3.63) is 0 Å². The van der Waals surface area contributed by atoms with Crippen molar-refractivity contribution in [2.24, 2.45) is 0 Å². The maximum Gasteiger partial charge on any atom is 0.218 e. The van der Waals surface area contributed by atoms with Gasteiger partial charge in [0.1, 0.15) is 5.78 Å². The molecule has 0 fully saturated rings. The summed E-state index contributed by atoms with van der Waals surface area (Å²) in [6.45, 7) is 5.38. The topological polar surface area (TPSA) is 120 Å². The van der Waals surface area contributed by atoms with Crippen LogP contribution < -0.4 is 6.15 Å². The molecule has 7 heteroatoms. The number of ketones is 1. The van der Waals surface area contributed by atoms with E-state index < -0.39 is 16.0 Å². The Morgan fingerprint density at radius 1 is 0.710 bits per heavy atom. The van der Waals surface area contributed by atoms with E-state index in [-0.39, 0.29) is 11.9 Å². The van der Waals surface area contributed by atoms with Crippen LogP contribution in [0.25, 0.3) is 0 Å². The van der Waals surface area contributed by atoms with Crippen molar-refractivity contribution in [3.63, 3.8) is 0 Å². The number of hydrogen-bond acceptors (Lipinski definition) is 5. The lowest BCUT2D eigenvalue weighted by Crippen LogP contribution is -2.28. The molecule has 0 aliphatic carbocycles. The number of rotatable bonds is 22. The molecule has 0 aliphatic heterocycles. The Kier molecular flexibility index (Phi) is 21.2. The molecule has 188 valence electrons. The molecule has 4 N–H and O–H groups in total. The Hall–Kier alpha value is -0.500. The lowest BCUT2D eigenvalue weighted by atomic mass is 9.98. The van der Waals surface area contributed by atoms with Crippen LogP contribution in [-0.2, 0) is 19.4 Å². The summed E-state index contributed by atoms with van der Waals surface area (Å²) >= 11 is 0. The van der Waals surface area contributed by atoms with Crippen LogP contribution in [0.15, 0.2) is 0 Å². The fourth-order valence-electron chi connectivity index (χ4n) is 3.85. The first-order valence-corrected chi connectivity index (χ1v) is 13.7. The van der Waals surface area contributed by atoms with E-state index in [4.69, 9.17) is 0 Å². The normalized spacial score (nSPS) is 12.0. The van der Waals surface area contributed by atoms with Gasteiger partial charge in [-0.05, 0) is 33.1 Å². The zero-order valence-electron chi connectivity index (χ0n) is 20.9. The van der Waals surface area contributed by atoms with Crippen LogP contribution in [0.1, 0.15) is 143 Å². The summed E-state index contributed by atoms with van der Waals surface area (Å²) in [6, 6.07) is 0. The van der Waals surface area contributed by atoms with Gasteiger partial charge in [-0.1, -0.05) is 96.8 Å². The van der Waals surface area contributed by atoms with E-state index in [0.717, 1.165) is 12.8 Å². The Labute approximate surface area is 192 Å². The Morgan fingerprint density at radius 3 is 1.45 bits per heavy atom. The summed E-state index contributed by atoms with van der Waals surface area (Å²) < 4.78 is 36.5. The zero-order chi connectivity index (χ0) is 22.7. The Bertz CT molecular complexity index is 520. The van der Waals surface area contributed by atoms with Gasteiger partial charge in [-0.15, -0.1) is 0 Å². The Balaban J connectivity index is 0. The number of unbranched alkanes of at least 4 members (excludes halogenated alkanes) is 14. The van der Waals surface area contributed by atoms with Gasteiger partial charge in [0.2, 0.25) is 10.4 Å². The van der Waals surface area contributed by atoms with E-state index in [1.807, 2.05) is 0 Å². The second-order valence-electron chi connectivity index (χ2n) is 9.34. The highest BCUT2D eigenvalue weighted by Gasteiger charge is 2.21. The highest BCUT2D eigenvalue weighted by molar-refractivity contribution is 7.80. The molecule has 0 spiro atoms. The standard InChI is InChI=1S/C24H48O5S.H3N/c1-4-5-6-7-8-9-10-11-12-13-14-15-16-17-18-20-23(25)21-19-22-24(2,3)29-30(26,27)28;/h4-22H2,1-3H3,(H,26,27,28);1H3. The van der Waals surface area contributed by atoms with Gasteiger partial charge in [-0.25, -0.2) is 8.42 Å². The van der Waals surface area contributed by atoms with Crippen molar-refractivity contribution in [1.82, 2.24) is 6.15 Å². The van der Waals surface area contributed by atoms with Crippen LogP contribution in [0, 0.1) is 0 Å². The number of carbonyl (C=O) groups excluding carboxylic acids is 1. The molecule has 0 radical (unpaired) electrons. The van der Waals surface area contributed by atoms with Gasteiger partial charge in [0.25, 0.3) is 0 Å². The van der Waals surface area contributed by atoms with E-state index in [1.165, 1.54) is 83.5 Å². The van der Waals surface area contributed by atoms with Crippen LogP contribution in [0.5, 0.6) is 0 Å². The average Bonchev–Trinajstić information content (AvgIpc) is 2.62. The predicted molar refractivity (Wildman–Crippen MR) is 129 cm³/mol. The van der Waals surface area contributed by atoms with Crippen molar-refractivity contribution >= 4 is 16.2 Å². The van der Waals surface area contributed by atoms with E-state index in [2.05, 4.69) is 11.1 Å². The van der Waals surface area contributed by atoms with Gasteiger partial charge in [0, 0.05) is 12.8 Å². The van der Waals surface area contributed by atoms with Crippen LogP contribution in [0.4, 0.5) is 0 Å². The number of carbonyl (C=O) groups is 1. The molecule has 0 aliphatic rings. The first-order chi connectivity index (χ1) is 14.2. The lowest BCUT2D eigenvalue weighted by molar-refractivity contribution is -0.119. The molecule has 0 atom stereocenters. The van der Waals surface area contributed by atoms with Gasteiger partial charge in [-0.2, -0.15) is 0 Å². The molecule has 0 unspecified atom stereocenters. The molecule has 0 saturated carbocycles. The van der Waals surface area contributed by atoms with Crippen molar-refractivity contribution in [3.8, 4) is 0 Å². The van der Waals surface area contributed by atoms with Crippen molar-refractivity contribution < 1.29 is 21.9 Å². The molecule has 6 nitrogen and oxygen atoms in total. The highest BCUT2D eigenvalue weighted by Crippen LogP contribution is 2.21. The quantitative estimate of drug-likeness (QED) is 0.100. The third-order valence-electron chi connectivity index (χ3n) is 5.62. The monoisotopic (exact) mass is 465 g/mol. The maximum absolute atomic E-state index is 11.9. The first kappa shape index (κ1) is 32.7. The third-order valence-corrected chi connectivity index (χ3v) is 6.28. The fraction of sp³-hybridized carbons (Fsp3) is 0.958. The van der Waals surface area contributed by atoms with Crippen LogP contribution in [0.3, 0.4) is 0 Å². The van der Waals surface area contributed by atoms with Crippen LogP contribution in [0.2, 0.25) is 0 Å². The third kappa shape index (κ3) is 25.6. The molecular formula is C24H51NO5S. The van der Waals surface area contributed by atoms with E-state index in [0.29, 0.717) is 25.7 Å². The summed E-state index contributed by atoms with van der Waals surface area (Å²) in [5, 5.41) is 0. The van der Waals surface area contributed by atoms with Gasteiger partial charge in [-0.3, -0.25) is 8.98 Å². The molecular weight excluding hydrogens is 414 g/mol. The summed E-state index contributed by atoms with van der Waals surface area (Å²) in [5.74, 6) is 0.213. The van der Waals surface area contributed by atoms with Crippen molar-refractivity contribution in [1.29, 1.82) is 0 Å². The number of Topliss-reactive ketones (excluding diaryl/α,β-unsaturated/α-hetero) is 1. The van der Waals surface area contributed by atoms with Gasteiger partial charge >= 0.3 is 0 Å². The molecule has 0 heterocycles. The summed E-state index contributed by atoms with van der Waals surface area (Å²) in [6.07, 6.45) is 21.6. The Morgan fingerprint density at radius 2 is 1.06 bits per heavy atom. The minimum Gasteiger partial charge on any atom is -0.726 e. The van der Waals surface area contributed by atoms with Gasteiger partial charge in [0.05, 0.1) is 5.60 Å².